The van der Waals surface area contributed by atoms with Crippen molar-refractivity contribution in [2.24, 2.45) is 5.92 Å². The van der Waals surface area contributed by atoms with Crippen LogP contribution in [0.4, 0.5) is 0 Å². The van der Waals surface area contributed by atoms with Gasteiger partial charge in [0.05, 0.1) is 23.4 Å². The quantitative estimate of drug-likeness (QED) is 0.506. The van der Waals surface area contributed by atoms with Gasteiger partial charge in [0.25, 0.3) is 0 Å². The first-order valence-corrected chi connectivity index (χ1v) is 12.8. The van der Waals surface area contributed by atoms with Gasteiger partial charge >= 0.3 is 5.97 Å². The number of nitrogens with zero attached hydrogens (tertiary/aromatic N) is 1. The van der Waals surface area contributed by atoms with Crippen molar-refractivity contribution in [2.45, 2.75) is 24.3 Å². The zero-order valence-corrected chi connectivity index (χ0v) is 18.0. The van der Waals surface area contributed by atoms with E-state index in [4.69, 9.17) is 9.47 Å². The molecule has 0 atom stereocenters. The maximum absolute atomic E-state index is 12.5. The normalized spacial score (nSPS) is 19.9. The largest absolute Gasteiger partial charge is 0.493 e. The Hall–Kier alpha value is -0.900. The van der Waals surface area contributed by atoms with Crippen LogP contribution in [0.15, 0.2) is 18.2 Å². The van der Waals surface area contributed by atoms with Gasteiger partial charge in [-0.3, -0.25) is 4.79 Å². The van der Waals surface area contributed by atoms with E-state index in [1.807, 2.05) is 35.7 Å². The number of benzene rings is 1. The Kier molecular flexibility index (Phi) is 6.99. The van der Waals surface area contributed by atoms with Gasteiger partial charge in [0.2, 0.25) is 10.0 Å². The minimum Gasteiger partial charge on any atom is -0.493 e. The van der Waals surface area contributed by atoms with E-state index >= 15 is 0 Å². The Morgan fingerprint density at radius 3 is 2.44 bits per heavy atom. The molecule has 2 heterocycles. The van der Waals surface area contributed by atoms with Crippen molar-refractivity contribution in [1.29, 1.82) is 0 Å². The third-order valence-corrected chi connectivity index (χ3v) is 9.82. The van der Waals surface area contributed by atoms with E-state index in [2.05, 4.69) is 0 Å². The number of rotatable bonds is 6. The first-order valence-electron chi connectivity index (χ1n) is 9.05. The summed E-state index contributed by atoms with van der Waals surface area (Å²) in [7, 11) is -1.63. The Bertz CT molecular complexity index is 769. The molecule has 2 saturated heterocycles. The molecule has 2 aliphatic heterocycles. The molecule has 0 unspecified atom stereocenters. The van der Waals surface area contributed by atoms with E-state index in [1.54, 1.807) is 20.1 Å². The molecule has 0 radical (unpaired) electrons. The van der Waals surface area contributed by atoms with Crippen LogP contribution in [0.25, 0.3) is 0 Å². The monoisotopic (exact) mass is 431 g/mol. The second-order valence-electron chi connectivity index (χ2n) is 6.48. The number of methoxy groups -OCH3 is 1. The third kappa shape index (κ3) is 4.93. The molecule has 0 amide bonds. The van der Waals surface area contributed by atoms with Gasteiger partial charge in [-0.25, -0.2) is 12.7 Å². The molecule has 6 nitrogen and oxygen atoms in total. The van der Waals surface area contributed by atoms with Crippen molar-refractivity contribution in [3.63, 3.8) is 0 Å². The maximum Gasteiger partial charge on any atom is 0.314 e. The zero-order chi connectivity index (χ0) is 19.4. The van der Waals surface area contributed by atoms with Gasteiger partial charge in [0.15, 0.2) is 11.5 Å². The lowest BCUT2D eigenvalue weighted by Gasteiger charge is -2.29. The Labute approximate surface area is 169 Å². The lowest BCUT2D eigenvalue weighted by Crippen LogP contribution is -2.41. The molecule has 0 aromatic heterocycles. The van der Waals surface area contributed by atoms with E-state index in [0.717, 1.165) is 17.1 Å². The summed E-state index contributed by atoms with van der Waals surface area (Å²) in [5, 5.41) is 0. The van der Waals surface area contributed by atoms with Crippen LogP contribution in [0.2, 0.25) is 0 Å². The molecular weight excluding hydrogens is 406 g/mol. The van der Waals surface area contributed by atoms with Crippen LogP contribution in [-0.2, 0) is 14.8 Å². The minimum absolute atomic E-state index is 0.0865. The van der Waals surface area contributed by atoms with Crippen LogP contribution < -0.4 is 9.47 Å². The summed E-state index contributed by atoms with van der Waals surface area (Å²) >= 11 is 3.81. The number of esters is 1. The van der Waals surface area contributed by atoms with Gasteiger partial charge in [-0.15, -0.1) is 23.5 Å². The first kappa shape index (κ1) is 20.8. The molecule has 3 rings (SSSR count). The highest BCUT2D eigenvalue weighted by molar-refractivity contribution is 8.19. The predicted molar refractivity (Wildman–Crippen MR) is 110 cm³/mol. The van der Waals surface area contributed by atoms with Crippen LogP contribution in [0, 0.1) is 5.92 Å². The van der Waals surface area contributed by atoms with Gasteiger partial charge in [-0.1, -0.05) is 6.07 Å². The van der Waals surface area contributed by atoms with Crippen LogP contribution in [0.5, 0.6) is 11.5 Å². The molecule has 0 N–H and O–H groups in total. The van der Waals surface area contributed by atoms with Gasteiger partial charge in [-0.2, -0.15) is 0 Å². The lowest BCUT2D eigenvalue weighted by atomic mass is 9.98. The summed E-state index contributed by atoms with van der Waals surface area (Å²) in [5.41, 5.74) is 1.16. The summed E-state index contributed by atoms with van der Waals surface area (Å²) in [4.78, 5) is 12.5. The van der Waals surface area contributed by atoms with Crippen molar-refractivity contribution in [3.8, 4) is 11.5 Å². The van der Waals surface area contributed by atoms with Crippen molar-refractivity contribution < 1.29 is 22.7 Å². The fourth-order valence-electron chi connectivity index (χ4n) is 3.21. The van der Waals surface area contributed by atoms with Gasteiger partial charge < -0.3 is 9.47 Å². The van der Waals surface area contributed by atoms with Gasteiger partial charge in [-0.05, 0) is 37.5 Å². The van der Waals surface area contributed by atoms with Crippen molar-refractivity contribution in [3.05, 3.63) is 23.8 Å². The van der Waals surface area contributed by atoms with E-state index in [0.29, 0.717) is 42.0 Å². The number of sulfonamides is 1. The number of carbonyl (C=O) groups excluding carboxylic acids is 1. The standard InChI is InChI=1S/C18H25NO5S3/c1-3-27(21,22)19-8-6-13(7-9-19)17(20)24-15-5-4-14(12-16(15)23-2)18-25-10-11-26-18/h4-5,12-13,18H,3,6-11H2,1-2H3. The highest BCUT2D eigenvalue weighted by Gasteiger charge is 2.31. The third-order valence-electron chi connectivity index (χ3n) is 4.84. The lowest BCUT2D eigenvalue weighted by molar-refractivity contribution is -0.140. The average Bonchev–Trinajstić information content (AvgIpc) is 3.23. The second-order valence-corrected chi connectivity index (χ2v) is 11.5. The molecule has 0 bridgehead atoms. The molecule has 1 aromatic carbocycles. The number of carbonyl (C=O) groups is 1. The molecule has 0 aliphatic carbocycles. The van der Waals surface area contributed by atoms with Gasteiger partial charge in [0.1, 0.15) is 0 Å². The predicted octanol–water partition coefficient (Wildman–Crippen LogP) is 3.14. The molecule has 9 heteroatoms. The number of hydrogen-bond donors (Lipinski definition) is 0. The molecule has 2 aliphatic rings. The van der Waals surface area contributed by atoms with Crippen LogP contribution in [-0.4, -0.2) is 56.2 Å². The number of piperidine rings is 1. The van der Waals surface area contributed by atoms with Crippen LogP contribution in [0.3, 0.4) is 0 Å². The zero-order valence-electron chi connectivity index (χ0n) is 15.5. The van der Waals surface area contributed by atoms with E-state index in [1.165, 1.54) is 4.31 Å². The number of thioether (sulfide) groups is 2. The van der Waals surface area contributed by atoms with Crippen molar-refractivity contribution >= 4 is 39.5 Å². The Morgan fingerprint density at radius 1 is 1.19 bits per heavy atom. The Morgan fingerprint density at radius 2 is 1.85 bits per heavy atom. The fraction of sp³-hybridized carbons (Fsp3) is 0.611. The molecule has 150 valence electrons. The van der Waals surface area contributed by atoms with E-state index in [9.17, 15) is 13.2 Å². The number of hydrogen-bond acceptors (Lipinski definition) is 7. The topological polar surface area (TPSA) is 72.9 Å². The van der Waals surface area contributed by atoms with Crippen molar-refractivity contribution in [2.75, 3.05) is 37.5 Å². The molecule has 2 fully saturated rings. The average molecular weight is 432 g/mol. The van der Waals surface area contributed by atoms with Crippen LogP contribution >= 0.6 is 23.5 Å². The highest BCUT2D eigenvalue weighted by Crippen LogP contribution is 2.47. The summed E-state index contributed by atoms with van der Waals surface area (Å²) in [6, 6.07) is 5.72. The summed E-state index contributed by atoms with van der Waals surface area (Å²) in [6.45, 7) is 2.36. The van der Waals surface area contributed by atoms with Crippen molar-refractivity contribution in [1.82, 2.24) is 4.31 Å². The minimum atomic E-state index is -3.20. The van der Waals surface area contributed by atoms with Crippen LogP contribution in [0.1, 0.15) is 29.9 Å². The smallest absolute Gasteiger partial charge is 0.314 e. The second kappa shape index (κ2) is 9.07. The summed E-state index contributed by atoms with van der Waals surface area (Å²) < 4.78 is 36.8. The first-order chi connectivity index (χ1) is 12.9. The Balaban J connectivity index is 1.62. The molecule has 0 saturated carbocycles. The molecular formula is C18H25NO5S3. The van der Waals surface area contributed by atoms with E-state index < -0.39 is 10.0 Å². The summed E-state index contributed by atoms with van der Waals surface area (Å²) in [5.74, 6) is 2.73. The SMILES string of the molecule is CCS(=O)(=O)N1CCC(C(=O)Oc2ccc(C3SCCS3)cc2OC)CC1. The number of ether oxygens (including phenoxy) is 2. The maximum atomic E-state index is 12.5. The molecule has 27 heavy (non-hydrogen) atoms. The van der Waals surface area contributed by atoms with E-state index in [-0.39, 0.29) is 17.6 Å². The summed E-state index contributed by atoms with van der Waals surface area (Å²) in [6.07, 6.45) is 0.960. The molecule has 0 spiro atoms. The molecule has 1 aromatic rings. The fourth-order valence-corrected chi connectivity index (χ4v) is 7.18. The van der Waals surface area contributed by atoms with Gasteiger partial charge in [0, 0.05) is 24.6 Å². The highest BCUT2D eigenvalue weighted by atomic mass is 32.2.